The standard InChI is InChI=1S/C12H26N2O/c1-10(2)12-6-5-7-14(12)11(8-13-3)9-15-4/h10-13H,5-9H2,1-4H3. The second-order valence-corrected chi connectivity index (χ2v) is 4.86. The SMILES string of the molecule is CNCC(COC)N1CCCC1C(C)C. The molecule has 0 radical (unpaired) electrons. The second-order valence-electron chi connectivity index (χ2n) is 4.86. The van der Waals surface area contributed by atoms with E-state index >= 15 is 0 Å². The molecule has 0 bridgehead atoms. The lowest BCUT2D eigenvalue weighted by Crippen LogP contribution is -2.48. The molecule has 1 N–H and O–H groups in total. The topological polar surface area (TPSA) is 24.5 Å². The molecule has 1 saturated heterocycles. The van der Waals surface area contributed by atoms with Crippen molar-refractivity contribution in [1.29, 1.82) is 0 Å². The van der Waals surface area contributed by atoms with E-state index in [9.17, 15) is 0 Å². The fourth-order valence-electron chi connectivity index (χ4n) is 2.68. The highest BCUT2D eigenvalue weighted by Crippen LogP contribution is 2.25. The van der Waals surface area contributed by atoms with Gasteiger partial charge in [0.1, 0.15) is 0 Å². The molecular weight excluding hydrogens is 188 g/mol. The Morgan fingerprint density at radius 2 is 2.20 bits per heavy atom. The minimum Gasteiger partial charge on any atom is -0.383 e. The van der Waals surface area contributed by atoms with Gasteiger partial charge in [0.05, 0.1) is 6.61 Å². The summed E-state index contributed by atoms with van der Waals surface area (Å²) >= 11 is 0. The van der Waals surface area contributed by atoms with Crippen molar-refractivity contribution in [2.75, 3.05) is 33.9 Å². The lowest BCUT2D eigenvalue weighted by atomic mass is 10.0. The molecule has 0 aromatic carbocycles. The molecule has 0 aromatic rings. The Morgan fingerprint density at radius 1 is 1.47 bits per heavy atom. The molecule has 0 aliphatic carbocycles. The Balaban J connectivity index is 2.56. The van der Waals surface area contributed by atoms with E-state index in [0.29, 0.717) is 6.04 Å². The number of methoxy groups -OCH3 is 1. The van der Waals surface area contributed by atoms with Gasteiger partial charge in [0.15, 0.2) is 0 Å². The molecule has 2 atom stereocenters. The third kappa shape index (κ3) is 3.44. The van der Waals surface area contributed by atoms with Gasteiger partial charge in [-0.25, -0.2) is 0 Å². The highest BCUT2D eigenvalue weighted by atomic mass is 16.5. The Hall–Kier alpha value is -0.120. The van der Waals surface area contributed by atoms with Crippen LogP contribution in [0.5, 0.6) is 0 Å². The van der Waals surface area contributed by atoms with Crippen LogP contribution in [-0.2, 0) is 4.74 Å². The van der Waals surface area contributed by atoms with Gasteiger partial charge in [-0.05, 0) is 32.4 Å². The van der Waals surface area contributed by atoms with Gasteiger partial charge in [-0.3, -0.25) is 4.90 Å². The number of likely N-dealkylation sites (tertiary alicyclic amines) is 1. The van der Waals surface area contributed by atoms with E-state index in [1.54, 1.807) is 7.11 Å². The molecule has 1 aliphatic heterocycles. The van der Waals surface area contributed by atoms with E-state index in [1.165, 1.54) is 19.4 Å². The largest absolute Gasteiger partial charge is 0.383 e. The summed E-state index contributed by atoms with van der Waals surface area (Å²) in [6.45, 7) is 7.75. The number of nitrogens with zero attached hydrogens (tertiary/aromatic N) is 1. The molecular formula is C12H26N2O. The summed E-state index contributed by atoms with van der Waals surface area (Å²) in [5.41, 5.74) is 0. The van der Waals surface area contributed by atoms with Crippen LogP contribution in [0, 0.1) is 5.92 Å². The van der Waals surface area contributed by atoms with Crippen molar-refractivity contribution < 1.29 is 4.74 Å². The molecule has 2 unspecified atom stereocenters. The first-order valence-electron chi connectivity index (χ1n) is 6.10. The number of ether oxygens (including phenoxy) is 1. The third-order valence-corrected chi connectivity index (χ3v) is 3.38. The molecule has 0 aromatic heterocycles. The maximum atomic E-state index is 5.32. The van der Waals surface area contributed by atoms with Crippen LogP contribution in [0.25, 0.3) is 0 Å². The average Bonchev–Trinajstić information content (AvgIpc) is 2.65. The first-order valence-corrected chi connectivity index (χ1v) is 6.10. The zero-order valence-electron chi connectivity index (χ0n) is 10.6. The summed E-state index contributed by atoms with van der Waals surface area (Å²) in [7, 11) is 3.81. The summed E-state index contributed by atoms with van der Waals surface area (Å²) in [6.07, 6.45) is 2.69. The highest BCUT2D eigenvalue weighted by Gasteiger charge is 2.31. The number of rotatable bonds is 6. The van der Waals surface area contributed by atoms with Crippen LogP contribution in [0.3, 0.4) is 0 Å². The molecule has 1 heterocycles. The maximum Gasteiger partial charge on any atom is 0.0630 e. The minimum absolute atomic E-state index is 0.537. The smallest absolute Gasteiger partial charge is 0.0630 e. The molecule has 1 aliphatic rings. The first-order chi connectivity index (χ1) is 7.20. The van der Waals surface area contributed by atoms with Crippen LogP contribution >= 0.6 is 0 Å². The normalized spacial score (nSPS) is 25.0. The summed E-state index contributed by atoms with van der Waals surface area (Å²) in [4.78, 5) is 2.63. The van der Waals surface area contributed by atoms with Crippen molar-refractivity contribution in [2.24, 2.45) is 5.92 Å². The maximum absolute atomic E-state index is 5.32. The zero-order chi connectivity index (χ0) is 11.3. The molecule has 90 valence electrons. The third-order valence-electron chi connectivity index (χ3n) is 3.38. The van der Waals surface area contributed by atoms with Crippen LogP contribution in [0.2, 0.25) is 0 Å². The molecule has 0 spiro atoms. The number of hydrogen-bond acceptors (Lipinski definition) is 3. The van der Waals surface area contributed by atoms with Crippen LogP contribution < -0.4 is 5.32 Å². The average molecular weight is 214 g/mol. The van der Waals surface area contributed by atoms with E-state index in [-0.39, 0.29) is 0 Å². The van der Waals surface area contributed by atoms with Gasteiger partial charge in [0.2, 0.25) is 0 Å². The van der Waals surface area contributed by atoms with Crippen molar-refractivity contribution in [3.63, 3.8) is 0 Å². The second kappa shape index (κ2) is 6.46. The lowest BCUT2D eigenvalue weighted by molar-refractivity contribution is 0.0693. The first kappa shape index (κ1) is 12.9. The van der Waals surface area contributed by atoms with Crippen molar-refractivity contribution >= 4 is 0 Å². The Morgan fingerprint density at radius 3 is 2.73 bits per heavy atom. The quantitative estimate of drug-likeness (QED) is 0.722. The lowest BCUT2D eigenvalue weighted by Gasteiger charge is -2.34. The van der Waals surface area contributed by atoms with Crippen molar-refractivity contribution in [3.8, 4) is 0 Å². The summed E-state index contributed by atoms with van der Waals surface area (Å²) in [6, 6.07) is 1.29. The number of hydrogen-bond donors (Lipinski definition) is 1. The van der Waals surface area contributed by atoms with Crippen molar-refractivity contribution in [1.82, 2.24) is 10.2 Å². The van der Waals surface area contributed by atoms with Crippen LogP contribution in [-0.4, -0.2) is 50.8 Å². The molecule has 1 rings (SSSR count). The van der Waals surface area contributed by atoms with Crippen LogP contribution in [0.15, 0.2) is 0 Å². The monoisotopic (exact) mass is 214 g/mol. The Kier molecular flexibility index (Phi) is 5.58. The van der Waals surface area contributed by atoms with Gasteiger partial charge in [0.25, 0.3) is 0 Å². The Labute approximate surface area is 94.2 Å². The molecule has 3 heteroatoms. The summed E-state index contributed by atoms with van der Waals surface area (Å²) < 4.78 is 5.32. The number of nitrogens with one attached hydrogen (secondary N) is 1. The fraction of sp³-hybridized carbons (Fsp3) is 1.00. The van der Waals surface area contributed by atoms with Crippen molar-refractivity contribution in [3.05, 3.63) is 0 Å². The summed E-state index contributed by atoms with van der Waals surface area (Å²) in [5.74, 6) is 0.753. The molecule has 0 amide bonds. The fourth-order valence-corrected chi connectivity index (χ4v) is 2.68. The van der Waals surface area contributed by atoms with E-state index < -0.39 is 0 Å². The predicted molar refractivity (Wildman–Crippen MR) is 64.2 cm³/mol. The Bertz CT molecular complexity index is 167. The zero-order valence-corrected chi connectivity index (χ0v) is 10.6. The molecule has 15 heavy (non-hydrogen) atoms. The van der Waals surface area contributed by atoms with Gasteiger partial charge in [-0.15, -0.1) is 0 Å². The van der Waals surface area contributed by atoms with Gasteiger partial charge in [-0.1, -0.05) is 13.8 Å². The van der Waals surface area contributed by atoms with Crippen LogP contribution in [0.1, 0.15) is 26.7 Å². The van der Waals surface area contributed by atoms with Crippen LogP contribution in [0.4, 0.5) is 0 Å². The predicted octanol–water partition coefficient (Wildman–Crippen LogP) is 1.34. The van der Waals surface area contributed by atoms with Gasteiger partial charge in [0, 0.05) is 25.7 Å². The summed E-state index contributed by atoms with van der Waals surface area (Å²) in [5, 5.41) is 3.27. The van der Waals surface area contributed by atoms with E-state index in [4.69, 9.17) is 4.74 Å². The number of likely N-dealkylation sites (N-methyl/N-ethyl adjacent to an activating group) is 1. The van der Waals surface area contributed by atoms with E-state index in [2.05, 4.69) is 24.1 Å². The van der Waals surface area contributed by atoms with Crippen molar-refractivity contribution in [2.45, 2.75) is 38.8 Å². The van der Waals surface area contributed by atoms with Gasteiger partial charge in [-0.2, -0.15) is 0 Å². The molecule has 0 saturated carbocycles. The molecule has 1 fully saturated rings. The highest BCUT2D eigenvalue weighted by molar-refractivity contribution is 4.87. The van der Waals surface area contributed by atoms with E-state index in [0.717, 1.165) is 25.1 Å². The minimum atomic E-state index is 0.537. The van der Waals surface area contributed by atoms with Gasteiger partial charge < -0.3 is 10.1 Å². The molecule has 3 nitrogen and oxygen atoms in total. The van der Waals surface area contributed by atoms with Gasteiger partial charge >= 0.3 is 0 Å². The van der Waals surface area contributed by atoms with E-state index in [1.807, 2.05) is 7.05 Å².